The molecule has 1 saturated carbocycles. The Morgan fingerprint density at radius 1 is 0.917 bits per heavy atom. The number of esters is 1. The maximum atomic E-state index is 11.8. The summed E-state index contributed by atoms with van der Waals surface area (Å²) in [5.41, 5.74) is 0. The average Bonchev–Trinajstić information content (AvgIpc) is 3.18. The Hall–Kier alpha value is -1.40. The van der Waals surface area contributed by atoms with Crippen molar-refractivity contribution in [3.05, 3.63) is 0 Å². The minimum absolute atomic E-state index is 0.164. The molecular formula is C27H48ClN3O5. The molecular weight excluding hydrogens is 482 g/mol. The Bertz CT molecular complexity index is 623. The van der Waals surface area contributed by atoms with Crippen molar-refractivity contribution in [2.24, 2.45) is 5.92 Å². The number of carbonyl (C=O) groups excluding carboxylic acids is 2. The normalized spacial score (nSPS) is 15.4. The number of unbranched alkanes of at least 4 members (excludes halogenated alkanes) is 4. The molecule has 0 aromatic heterocycles. The van der Waals surface area contributed by atoms with Gasteiger partial charge >= 0.3 is 11.9 Å². The van der Waals surface area contributed by atoms with Crippen molar-refractivity contribution < 1.29 is 23.7 Å². The van der Waals surface area contributed by atoms with Crippen molar-refractivity contribution in [3.8, 4) is 6.07 Å². The molecule has 1 rings (SSSR count). The first-order valence-electron chi connectivity index (χ1n) is 13.9. The van der Waals surface area contributed by atoms with Gasteiger partial charge in [0, 0.05) is 38.5 Å². The fraction of sp³-hybridized carbons (Fsp3) is 0.889. The lowest BCUT2D eigenvalue weighted by Crippen LogP contribution is -2.43. The first-order valence-corrected chi connectivity index (χ1v) is 14.2. The topological polar surface area (TPSA) is 103 Å². The molecule has 0 aromatic carbocycles. The lowest BCUT2D eigenvalue weighted by molar-refractivity contribution is -0.144. The van der Waals surface area contributed by atoms with Crippen LogP contribution in [0.25, 0.3) is 0 Å². The summed E-state index contributed by atoms with van der Waals surface area (Å²) < 4.78 is 9.35. The Morgan fingerprint density at radius 2 is 1.53 bits per heavy atom. The van der Waals surface area contributed by atoms with Crippen LogP contribution in [0.5, 0.6) is 0 Å². The molecule has 0 heterocycles. The van der Waals surface area contributed by atoms with Crippen LogP contribution in [0.3, 0.4) is 0 Å². The van der Waals surface area contributed by atoms with Crippen molar-refractivity contribution in [3.63, 3.8) is 0 Å². The predicted molar refractivity (Wildman–Crippen MR) is 141 cm³/mol. The fourth-order valence-electron chi connectivity index (χ4n) is 4.76. The summed E-state index contributed by atoms with van der Waals surface area (Å²) in [6, 6.07) is 2.63. The zero-order valence-electron chi connectivity index (χ0n) is 22.3. The quantitative estimate of drug-likeness (QED) is 0.136. The lowest BCUT2D eigenvalue weighted by atomic mass is 10.1. The lowest BCUT2D eigenvalue weighted by Gasteiger charge is -2.33. The van der Waals surface area contributed by atoms with Crippen molar-refractivity contribution >= 4 is 23.8 Å². The van der Waals surface area contributed by atoms with Crippen LogP contribution in [0.4, 0.5) is 0 Å². The van der Waals surface area contributed by atoms with Crippen LogP contribution in [0, 0.1) is 17.2 Å². The van der Waals surface area contributed by atoms with Crippen LogP contribution in [0.2, 0.25) is 0 Å². The maximum Gasteiger partial charge on any atom is 0.324 e. The molecule has 0 bridgehead atoms. The summed E-state index contributed by atoms with van der Waals surface area (Å²) in [6.45, 7) is 6.65. The highest BCUT2D eigenvalue weighted by Crippen LogP contribution is 2.22. The molecule has 36 heavy (non-hydrogen) atoms. The van der Waals surface area contributed by atoms with E-state index in [0.717, 1.165) is 71.2 Å². The molecule has 0 saturated heterocycles. The molecule has 1 aliphatic carbocycles. The van der Waals surface area contributed by atoms with E-state index in [1.165, 1.54) is 38.5 Å². The second kappa shape index (κ2) is 21.7. The number of halogens is 1. The van der Waals surface area contributed by atoms with Gasteiger partial charge in [0.25, 0.3) is 0 Å². The number of rotatable bonds is 20. The van der Waals surface area contributed by atoms with Gasteiger partial charge in [0.1, 0.15) is 18.5 Å². The van der Waals surface area contributed by atoms with Crippen molar-refractivity contribution in [2.45, 2.75) is 103 Å². The third-order valence-electron chi connectivity index (χ3n) is 6.94. The SMILES string of the molecule is CC(C#N)COC(=O)CCCCCN(CCCCCC(=O)OCl)CCN(CCO)C1CCCCCC1. The largest absolute Gasteiger partial charge is 0.464 e. The van der Waals surface area contributed by atoms with Gasteiger partial charge < -0.3 is 19.0 Å². The molecule has 1 atom stereocenters. The van der Waals surface area contributed by atoms with Crippen LogP contribution >= 0.6 is 11.9 Å². The summed E-state index contributed by atoms with van der Waals surface area (Å²) in [6.07, 6.45) is 13.8. The number of aliphatic hydroxyl groups excluding tert-OH is 1. The van der Waals surface area contributed by atoms with E-state index >= 15 is 0 Å². The van der Waals surface area contributed by atoms with Gasteiger partial charge in [-0.3, -0.25) is 14.5 Å². The van der Waals surface area contributed by atoms with Gasteiger partial charge in [-0.15, -0.1) is 0 Å². The molecule has 0 amide bonds. The Morgan fingerprint density at radius 3 is 2.08 bits per heavy atom. The first kappa shape index (κ1) is 32.6. The van der Waals surface area contributed by atoms with E-state index in [4.69, 9.17) is 21.9 Å². The van der Waals surface area contributed by atoms with Gasteiger partial charge in [-0.2, -0.15) is 5.26 Å². The summed E-state index contributed by atoms with van der Waals surface area (Å²) >= 11 is 5.10. The van der Waals surface area contributed by atoms with Crippen LogP contribution in [0.15, 0.2) is 0 Å². The van der Waals surface area contributed by atoms with Crippen LogP contribution < -0.4 is 0 Å². The summed E-state index contributed by atoms with van der Waals surface area (Å²) in [7, 11) is 0. The van der Waals surface area contributed by atoms with Gasteiger partial charge in [-0.1, -0.05) is 38.5 Å². The summed E-state index contributed by atoms with van der Waals surface area (Å²) in [4.78, 5) is 28.0. The third-order valence-corrected chi connectivity index (χ3v) is 7.12. The van der Waals surface area contributed by atoms with Gasteiger partial charge in [0.15, 0.2) is 0 Å². The van der Waals surface area contributed by atoms with Gasteiger partial charge in [0.2, 0.25) is 0 Å². The number of carbonyl (C=O) groups is 2. The monoisotopic (exact) mass is 529 g/mol. The van der Waals surface area contributed by atoms with E-state index in [0.29, 0.717) is 18.9 Å². The maximum absolute atomic E-state index is 11.8. The molecule has 208 valence electrons. The van der Waals surface area contributed by atoms with Crippen LogP contribution in [0.1, 0.15) is 96.8 Å². The highest BCUT2D eigenvalue weighted by Gasteiger charge is 2.20. The smallest absolute Gasteiger partial charge is 0.324 e. The number of nitrogens with zero attached hydrogens (tertiary/aromatic N) is 3. The van der Waals surface area contributed by atoms with Crippen molar-refractivity contribution in [2.75, 3.05) is 45.9 Å². The fourth-order valence-corrected chi connectivity index (χ4v) is 4.84. The molecule has 1 unspecified atom stereocenters. The minimum Gasteiger partial charge on any atom is -0.464 e. The second-order valence-corrected chi connectivity index (χ2v) is 10.2. The number of nitriles is 1. The average molecular weight is 530 g/mol. The van der Waals surface area contributed by atoms with E-state index in [9.17, 15) is 14.7 Å². The zero-order chi connectivity index (χ0) is 26.4. The molecule has 1 aliphatic rings. The first-order chi connectivity index (χ1) is 17.5. The molecule has 1 N–H and O–H groups in total. The van der Waals surface area contributed by atoms with Crippen LogP contribution in [-0.4, -0.2) is 78.8 Å². The summed E-state index contributed by atoms with van der Waals surface area (Å²) in [5, 5.41) is 18.4. The van der Waals surface area contributed by atoms with E-state index < -0.39 is 0 Å². The number of hydrogen-bond acceptors (Lipinski definition) is 8. The number of ether oxygens (including phenoxy) is 1. The summed E-state index contributed by atoms with van der Waals surface area (Å²) in [5.74, 6) is -0.879. The van der Waals surface area contributed by atoms with E-state index in [2.05, 4.69) is 20.2 Å². The van der Waals surface area contributed by atoms with Crippen molar-refractivity contribution in [1.82, 2.24) is 9.80 Å². The molecule has 8 nitrogen and oxygen atoms in total. The predicted octanol–water partition coefficient (Wildman–Crippen LogP) is 4.83. The Kier molecular flexibility index (Phi) is 19.6. The molecule has 1 fully saturated rings. The van der Waals surface area contributed by atoms with Gasteiger partial charge in [-0.25, -0.2) is 0 Å². The third kappa shape index (κ3) is 16.4. The van der Waals surface area contributed by atoms with E-state index in [-0.39, 0.29) is 31.1 Å². The Balaban J connectivity index is 2.45. The minimum atomic E-state index is -0.378. The molecule has 0 spiro atoms. The van der Waals surface area contributed by atoms with Crippen LogP contribution in [-0.2, 0) is 18.6 Å². The highest BCUT2D eigenvalue weighted by molar-refractivity contribution is 6.13. The number of hydrogen-bond donors (Lipinski definition) is 1. The van der Waals surface area contributed by atoms with Crippen molar-refractivity contribution in [1.29, 1.82) is 5.26 Å². The highest BCUT2D eigenvalue weighted by atomic mass is 35.5. The Labute approximate surface area is 223 Å². The molecule has 0 aromatic rings. The molecule has 0 aliphatic heterocycles. The molecule has 9 heteroatoms. The zero-order valence-corrected chi connectivity index (χ0v) is 23.1. The standard InChI is InChI=1S/C27H48ClN3O5/c1-24(22-29)23-35-26(33)14-8-4-10-16-30(17-11-5-9-15-27(34)36-28)18-19-31(20-21-32)25-12-6-2-3-7-13-25/h24-25,32H,2-21,23H2,1H3. The van der Waals surface area contributed by atoms with E-state index in [1.54, 1.807) is 6.92 Å². The second-order valence-electron chi connectivity index (χ2n) is 10.0. The van der Waals surface area contributed by atoms with Gasteiger partial charge in [-0.05, 0) is 58.5 Å². The van der Waals surface area contributed by atoms with Gasteiger partial charge in [0.05, 0.1) is 18.6 Å². The van der Waals surface area contributed by atoms with E-state index in [1.807, 2.05) is 0 Å². The number of aliphatic hydroxyl groups is 1. The molecule has 0 radical (unpaired) electrons.